The molecule has 0 N–H and O–H groups in total. The third kappa shape index (κ3) is 4.05. The van der Waals surface area contributed by atoms with Gasteiger partial charge in [-0.05, 0) is 11.1 Å². The van der Waals surface area contributed by atoms with Gasteiger partial charge in [0.2, 0.25) is 0 Å². The van der Waals surface area contributed by atoms with Gasteiger partial charge in [-0.2, -0.15) is 5.26 Å². The number of carbonyl (C=O) groups is 2. The average Bonchev–Trinajstić information content (AvgIpc) is 2.59. The molecule has 2 aromatic carbocycles. The molecule has 5 heteroatoms. The van der Waals surface area contributed by atoms with Crippen molar-refractivity contribution in [1.82, 2.24) is 0 Å². The first-order valence-corrected chi connectivity index (χ1v) is 6.78. The lowest BCUT2D eigenvalue weighted by molar-refractivity contribution is -0.253. The number of benzene rings is 2. The van der Waals surface area contributed by atoms with E-state index in [1.807, 2.05) is 18.2 Å². The molecule has 114 valence electrons. The maximum atomic E-state index is 12.1. The van der Waals surface area contributed by atoms with Crippen molar-refractivity contribution in [2.45, 2.75) is 6.92 Å². The summed E-state index contributed by atoms with van der Waals surface area (Å²) in [7, 11) is 0. The van der Waals surface area contributed by atoms with Crippen LogP contribution < -0.4 is 0 Å². The number of carbonyl (C=O) groups excluding carboxylic acids is 2. The summed E-state index contributed by atoms with van der Waals surface area (Å²) in [4.78, 5) is 31.5. The van der Waals surface area contributed by atoms with Crippen LogP contribution in [0.2, 0.25) is 0 Å². The first-order valence-electron chi connectivity index (χ1n) is 6.78. The molecule has 2 rings (SSSR count). The molecule has 0 saturated carbocycles. The minimum absolute atomic E-state index is 0.247. The average molecular weight is 307 g/mol. The highest BCUT2D eigenvalue weighted by molar-refractivity contribution is 6.05. The van der Waals surface area contributed by atoms with Crippen LogP contribution in [0.15, 0.2) is 66.2 Å². The van der Waals surface area contributed by atoms with Gasteiger partial charge in [-0.15, -0.1) is 0 Å². The van der Waals surface area contributed by atoms with Gasteiger partial charge >= 0.3 is 11.9 Å². The molecule has 23 heavy (non-hydrogen) atoms. The van der Waals surface area contributed by atoms with Crippen molar-refractivity contribution in [3.8, 4) is 6.07 Å². The summed E-state index contributed by atoms with van der Waals surface area (Å²) in [5.74, 6) is -1.80. The van der Waals surface area contributed by atoms with Crippen molar-refractivity contribution in [1.29, 1.82) is 5.26 Å². The molecule has 0 heterocycles. The lowest BCUT2D eigenvalue weighted by Crippen LogP contribution is -2.12. The third-order valence-corrected chi connectivity index (χ3v) is 2.93. The van der Waals surface area contributed by atoms with Gasteiger partial charge < -0.3 is 0 Å². The molecular weight excluding hydrogens is 294 g/mol. The van der Waals surface area contributed by atoms with E-state index in [1.165, 1.54) is 0 Å². The first-order chi connectivity index (χ1) is 11.1. The second-order valence-corrected chi connectivity index (χ2v) is 4.54. The number of nitrogens with zero attached hydrogens (tertiary/aromatic N) is 1. The van der Waals surface area contributed by atoms with Gasteiger partial charge in [0.25, 0.3) is 0 Å². The molecule has 0 bridgehead atoms. The van der Waals surface area contributed by atoms with E-state index in [-0.39, 0.29) is 5.57 Å². The van der Waals surface area contributed by atoms with Crippen LogP contribution in [0.25, 0.3) is 5.57 Å². The molecule has 0 spiro atoms. The zero-order valence-electron chi connectivity index (χ0n) is 12.4. The molecule has 0 aromatic heterocycles. The Hall–Kier alpha value is -3.39. The van der Waals surface area contributed by atoms with Crippen molar-refractivity contribution < 1.29 is 19.4 Å². The Morgan fingerprint density at radius 2 is 1.35 bits per heavy atom. The van der Waals surface area contributed by atoms with E-state index in [1.54, 1.807) is 48.5 Å². The summed E-state index contributed by atoms with van der Waals surface area (Å²) in [5.41, 5.74) is 1.51. The molecule has 0 aliphatic rings. The van der Waals surface area contributed by atoms with E-state index >= 15 is 0 Å². The molecule has 0 aliphatic heterocycles. The smallest absolute Gasteiger partial charge is 0.248 e. The van der Waals surface area contributed by atoms with Crippen molar-refractivity contribution >= 4 is 17.5 Å². The Morgan fingerprint density at radius 1 is 0.870 bits per heavy atom. The highest BCUT2D eigenvalue weighted by atomic mass is 17.2. The minimum Gasteiger partial charge on any atom is -0.248 e. The largest absolute Gasteiger partial charge is 0.397 e. The zero-order chi connectivity index (χ0) is 16.7. The van der Waals surface area contributed by atoms with Gasteiger partial charge in [-0.3, -0.25) is 0 Å². The van der Waals surface area contributed by atoms with Crippen LogP contribution in [0.4, 0.5) is 0 Å². The van der Waals surface area contributed by atoms with Crippen molar-refractivity contribution in [2.75, 3.05) is 0 Å². The molecule has 0 radical (unpaired) electrons. The summed E-state index contributed by atoms with van der Waals surface area (Å²) >= 11 is 0. The van der Waals surface area contributed by atoms with Crippen LogP contribution in [0.1, 0.15) is 18.1 Å². The monoisotopic (exact) mass is 307 g/mol. The molecule has 0 unspecified atom stereocenters. The van der Waals surface area contributed by atoms with E-state index in [0.29, 0.717) is 16.7 Å². The maximum absolute atomic E-state index is 12.1. The van der Waals surface area contributed by atoms with Crippen molar-refractivity contribution in [3.63, 3.8) is 0 Å². The van der Waals surface area contributed by atoms with Crippen molar-refractivity contribution in [3.05, 3.63) is 77.4 Å². The fourth-order valence-electron chi connectivity index (χ4n) is 2.01. The molecular formula is C18H13NO4. The Bertz CT molecular complexity index is 732. The second kappa shape index (κ2) is 7.57. The van der Waals surface area contributed by atoms with Gasteiger partial charge in [0.1, 0.15) is 11.6 Å². The summed E-state index contributed by atoms with van der Waals surface area (Å²) in [6, 6.07) is 19.8. The van der Waals surface area contributed by atoms with Gasteiger partial charge in [-0.25, -0.2) is 19.4 Å². The standard InChI is InChI=1S/C18H13NO4/c1-13(20)22-23-18(21)16(12-19)17(14-8-4-2-5-9-14)15-10-6-3-7-11-15/h2-11H,1H3. The highest BCUT2D eigenvalue weighted by Gasteiger charge is 2.21. The SMILES string of the molecule is CC(=O)OOC(=O)C(C#N)=C(c1ccccc1)c1ccccc1. The Labute approximate surface area is 133 Å². The topological polar surface area (TPSA) is 76.4 Å². The predicted octanol–water partition coefficient (Wildman–Crippen LogP) is 3.03. The lowest BCUT2D eigenvalue weighted by Gasteiger charge is -2.10. The molecule has 0 fully saturated rings. The summed E-state index contributed by atoms with van der Waals surface area (Å²) in [5, 5.41) is 9.41. The molecule has 0 saturated heterocycles. The van der Waals surface area contributed by atoms with Crippen LogP contribution >= 0.6 is 0 Å². The number of rotatable bonds is 3. The Balaban J connectivity index is 2.56. The van der Waals surface area contributed by atoms with Crippen LogP contribution in [0.5, 0.6) is 0 Å². The fraction of sp³-hybridized carbons (Fsp3) is 0.0556. The van der Waals surface area contributed by atoms with Gasteiger partial charge in [-0.1, -0.05) is 60.7 Å². The van der Waals surface area contributed by atoms with Crippen LogP contribution in [0, 0.1) is 11.3 Å². The third-order valence-electron chi connectivity index (χ3n) is 2.93. The second-order valence-electron chi connectivity index (χ2n) is 4.54. The van der Waals surface area contributed by atoms with Crippen molar-refractivity contribution in [2.24, 2.45) is 0 Å². The van der Waals surface area contributed by atoms with Crippen LogP contribution in [0.3, 0.4) is 0 Å². The van der Waals surface area contributed by atoms with E-state index in [0.717, 1.165) is 6.92 Å². The lowest BCUT2D eigenvalue weighted by atomic mass is 9.93. The highest BCUT2D eigenvalue weighted by Crippen LogP contribution is 2.27. The van der Waals surface area contributed by atoms with E-state index in [9.17, 15) is 14.9 Å². The van der Waals surface area contributed by atoms with Gasteiger partial charge in [0, 0.05) is 12.5 Å². The van der Waals surface area contributed by atoms with Crippen LogP contribution in [-0.2, 0) is 19.4 Å². The summed E-state index contributed by atoms with van der Waals surface area (Å²) in [6.07, 6.45) is 0. The van der Waals surface area contributed by atoms with Gasteiger partial charge in [0.15, 0.2) is 0 Å². The minimum atomic E-state index is -1.02. The van der Waals surface area contributed by atoms with E-state index < -0.39 is 11.9 Å². The van der Waals surface area contributed by atoms with Gasteiger partial charge in [0.05, 0.1) is 0 Å². The maximum Gasteiger partial charge on any atom is 0.397 e. The molecule has 5 nitrogen and oxygen atoms in total. The molecule has 0 aliphatic carbocycles. The van der Waals surface area contributed by atoms with E-state index in [4.69, 9.17) is 0 Å². The Morgan fingerprint density at radius 3 is 1.74 bits per heavy atom. The number of hydrogen-bond donors (Lipinski definition) is 0. The predicted molar refractivity (Wildman–Crippen MR) is 82.4 cm³/mol. The fourth-order valence-corrected chi connectivity index (χ4v) is 2.01. The number of hydrogen-bond acceptors (Lipinski definition) is 5. The first kappa shape index (κ1) is 16.0. The zero-order valence-corrected chi connectivity index (χ0v) is 12.4. The summed E-state index contributed by atoms with van der Waals surface area (Å²) < 4.78 is 0. The van der Waals surface area contributed by atoms with E-state index in [2.05, 4.69) is 9.78 Å². The van der Waals surface area contributed by atoms with Crippen LogP contribution in [-0.4, -0.2) is 11.9 Å². The molecule has 0 amide bonds. The molecule has 2 aromatic rings. The summed E-state index contributed by atoms with van der Waals surface area (Å²) in [6.45, 7) is 1.10. The normalized spacial score (nSPS) is 9.39. The Kier molecular flexibility index (Phi) is 5.26. The number of nitriles is 1. The quantitative estimate of drug-likeness (QED) is 0.377. The molecule has 0 atom stereocenters.